The molecule has 0 fully saturated rings. The molecule has 2 rings (SSSR count). The van der Waals surface area contributed by atoms with Gasteiger partial charge in [0, 0.05) is 4.91 Å². The summed E-state index contributed by atoms with van der Waals surface area (Å²) in [5.74, 6) is -0.518. The first kappa shape index (κ1) is 22.2. The van der Waals surface area contributed by atoms with Gasteiger partial charge in [0.1, 0.15) is 0 Å². The lowest BCUT2D eigenvalue weighted by atomic mass is 10.2. The monoisotopic (exact) mass is 418 g/mol. The summed E-state index contributed by atoms with van der Waals surface area (Å²) in [5, 5.41) is 13.4. The minimum Gasteiger partial charge on any atom is -0.462 e. The summed E-state index contributed by atoms with van der Waals surface area (Å²) in [5.41, 5.74) is 9.85. The fourth-order valence-electron chi connectivity index (χ4n) is 2.54. The Bertz CT molecular complexity index is 984. The maximum atomic E-state index is 13.2. The molecule has 0 aromatic heterocycles. The molecule has 2 aromatic carbocycles. The number of esters is 1. The number of anilines is 1. The molecule has 0 radical (unpaired) electrons. The molecular formula is C19H22N4O5S. The number of hydrogen-bond donors (Lipinski definition) is 1. The number of carbonyl (C=O) groups excluding carboxylic acids is 1. The Hall–Kier alpha value is -3.07. The van der Waals surface area contributed by atoms with Crippen molar-refractivity contribution in [1.82, 2.24) is 0 Å². The van der Waals surface area contributed by atoms with Crippen LogP contribution in [0, 0.1) is 6.92 Å². The van der Waals surface area contributed by atoms with E-state index in [-0.39, 0.29) is 35.8 Å². The zero-order valence-corrected chi connectivity index (χ0v) is 16.9. The molecule has 0 spiro atoms. The fraction of sp³-hybridized carbons (Fsp3) is 0.316. The van der Waals surface area contributed by atoms with Crippen LogP contribution in [-0.2, 0) is 14.8 Å². The van der Waals surface area contributed by atoms with Gasteiger partial charge >= 0.3 is 5.97 Å². The summed E-state index contributed by atoms with van der Waals surface area (Å²) in [6.45, 7) is 3.14. The summed E-state index contributed by atoms with van der Waals surface area (Å²) in [4.78, 5) is 14.5. The Balaban J connectivity index is 2.42. The minimum atomic E-state index is -4.01. The number of nitrogens with zero attached hydrogens (tertiary/aromatic N) is 4. The number of azide groups is 1. The standard InChI is InChI=1S/C19H22N4O5S/c1-3-28-19(25)15-6-8-16(9-7-15)23(13-17(24)12-21-22-20)29(26,27)18-10-4-14(2)5-11-18/h4-11,17,24H,3,12-13H2,1-2H3/t17-/m1/s1. The van der Waals surface area contributed by atoms with Crippen LogP contribution >= 0.6 is 0 Å². The van der Waals surface area contributed by atoms with Gasteiger partial charge in [-0.25, -0.2) is 13.2 Å². The molecule has 1 N–H and O–H groups in total. The number of aliphatic hydroxyl groups excluding tert-OH is 1. The van der Waals surface area contributed by atoms with Gasteiger partial charge < -0.3 is 9.84 Å². The van der Waals surface area contributed by atoms with Crippen LogP contribution in [0.15, 0.2) is 58.5 Å². The van der Waals surface area contributed by atoms with Crippen molar-refractivity contribution in [2.75, 3.05) is 24.0 Å². The van der Waals surface area contributed by atoms with Crippen LogP contribution < -0.4 is 4.31 Å². The van der Waals surface area contributed by atoms with E-state index >= 15 is 0 Å². The van der Waals surface area contributed by atoms with Crippen molar-refractivity contribution >= 4 is 21.7 Å². The van der Waals surface area contributed by atoms with Crippen LogP contribution in [-0.4, -0.2) is 45.3 Å². The highest BCUT2D eigenvalue weighted by atomic mass is 32.2. The molecule has 1 atom stereocenters. The number of carbonyl (C=O) groups is 1. The molecule has 9 nitrogen and oxygen atoms in total. The van der Waals surface area contributed by atoms with Gasteiger partial charge in [-0.1, -0.05) is 22.8 Å². The smallest absolute Gasteiger partial charge is 0.338 e. The van der Waals surface area contributed by atoms with E-state index in [4.69, 9.17) is 10.3 Å². The lowest BCUT2D eigenvalue weighted by molar-refractivity contribution is 0.0526. The maximum Gasteiger partial charge on any atom is 0.338 e. The van der Waals surface area contributed by atoms with Crippen LogP contribution in [0.3, 0.4) is 0 Å². The quantitative estimate of drug-likeness (QED) is 0.289. The van der Waals surface area contributed by atoms with Gasteiger partial charge in [0.2, 0.25) is 0 Å². The van der Waals surface area contributed by atoms with Crippen molar-refractivity contribution in [3.05, 3.63) is 70.1 Å². The van der Waals surface area contributed by atoms with Crippen LogP contribution in [0.5, 0.6) is 0 Å². The number of ether oxygens (including phenoxy) is 1. The lowest BCUT2D eigenvalue weighted by Crippen LogP contribution is -2.38. The third kappa shape index (κ3) is 5.71. The second-order valence-corrected chi connectivity index (χ2v) is 8.05. The summed E-state index contributed by atoms with van der Waals surface area (Å²) >= 11 is 0. The normalized spacial score (nSPS) is 12.0. The molecule has 154 valence electrons. The van der Waals surface area contributed by atoms with E-state index in [2.05, 4.69) is 10.0 Å². The Morgan fingerprint density at radius 2 is 1.83 bits per heavy atom. The number of sulfonamides is 1. The van der Waals surface area contributed by atoms with E-state index in [9.17, 15) is 18.3 Å². The number of benzene rings is 2. The second kappa shape index (κ2) is 9.92. The predicted molar refractivity (Wildman–Crippen MR) is 108 cm³/mol. The van der Waals surface area contributed by atoms with Crippen LogP contribution in [0.1, 0.15) is 22.8 Å². The zero-order valence-electron chi connectivity index (χ0n) is 16.1. The average Bonchev–Trinajstić information content (AvgIpc) is 2.71. The Morgan fingerprint density at radius 1 is 1.21 bits per heavy atom. The molecule has 0 saturated carbocycles. The summed E-state index contributed by atoms with van der Waals surface area (Å²) < 4.78 is 32.3. The molecule has 0 heterocycles. The second-order valence-electron chi connectivity index (χ2n) is 6.18. The highest BCUT2D eigenvalue weighted by molar-refractivity contribution is 7.92. The Morgan fingerprint density at radius 3 is 2.38 bits per heavy atom. The number of rotatable bonds is 9. The SMILES string of the molecule is CCOC(=O)c1ccc(N(C[C@H](O)CN=[N+]=[N-])S(=O)(=O)c2ccc(C)cc2)cc1. The predicted octanol–water partition coefficient (Wildman–Crippen LogP) is 3.04. The molecule has 0 aliphatic rings. The van der Waals surface area contributed by atoms with Gasteiger partial charge in [-0.2, -0.15) is 0 Å². The fourth-order valence-corrected chi connectivity index (χ4v) is 4.04. The van der Waals surface area contributed by atoms with Crippen molar-refractivity contribution in [1.29, 1.82) is 0 Å². The first-order valence-corrected chi connectivity index (χ1v) is 10.3. The molecule has 0 amide bonds. The Kier molecular flexibility index (Phi) is 7.60. The molecule has 0 unspecified atom stereocenters. The maximum absolute atomic E-state index is 13.2. The molecule has 29 heavy (non-hydrogen) atoms. The summed E-state index contributed by atoms with van der Waals surface area (Å²) in [6.07, 6.45) is -1.21. The van der Waals surface area contributed by atoms with E-state index in [1.54, 1.807) is 19.1 Å². The van der Waals surface area contributed by atoms with Gasteiger partial charge in [-0.3, -0.25) is 4.31 Å². The minimum absolute atomic E-state index is 0.0496. The highest BCUT2D eigenvalue weighted by Crippen LogP contribution is 2.25. The van der Waals surface area contributed by atoms with E-state index < -0.39 is 22.1 Å². The first-order chi connectivity index (χ1) is 13.8. The largest absolute Gasteiger partial charge is 0.462 e. The number of hydrogen-bond acceptors (Lipinski definition) is 6. The molecule has 2 aromatic rings. The van der Waals surface area contributed by atoms with Crippen molar-refractivity contribution in [2.45, 2.75) is 24.8 Å². The van der Waals surface area contributed by atoms with E-state index in [1.807, 2.05) is 6.92 Å². The first-order valence-electron chi connectivity index (χ1n) is 8.85. The molecule has 0 saturated heterocycles. The molecule has 10 heteroatoms. The topological polar surface area (TPSA) is 133 Å². The zero-order chi connectivity index (χ0) is 21.4. The van der Waals surface area contributed by atoms with Crippen LogP contribution in [0.2, 0.25) is 0 Å². The Labute approximate surface area is 169 Å². The molecule has 0 bridgehead atoms. The van der Waals surface area contributed by atoms with Crippen LogP contribution in [0.25, 0.3) is 10.4 Å². The van der Waals surface area contributed by atoms with Crippen LogP contribution in [0.4, 0.5) is 5.69 Å². The van der Waals surface area contributed by atoms with E-state index in [1.165, 1.54) is 36.4 Å². The number of aliphatic hydroxyl groups is 1. The van der Waals surface area contributed by atoms with Gasteiger partial charge in [-0.05, 0) is 55.8 Å². The third-order valence-electron chi connectivity index (χ3n) is 4.01. The average molecular weight is 418 g/mol. The highest BCUT2D eigenvalue weighted by Gasteiger charge is 2.27. The lowest BCUT2D eigenvalue weighted by Gasteiger charge is -2.26. The van der Waals surface area contributed by atoms with E-state index in [0.29, 0.717) is 0 Å². The van der Waals surface area contributed by atoms with Crippen molar-refractivity contribution in [3.63, 3.8) is 0 Å². The van der Waals surface area contributed by atoms with E-state index in [0.717, 1.165) is 9.87 Å². The molecule has 0 aliphatic heterocycles. The third-order valence-corrected chi connectivity index (χ3v) is 5.82. The van der Waals surface area contributed by atoms with Crippen molar-refractivity contribution < 1.29 is 23.1 Å². The van der Waals surface area contributed by atoms with Gasteiger partial charge in [-0.15, -0.1) is 0 Å². The van der Waals surface area contributed by atoms with Gasteiger partial charge in [0.05, 0.1) is 41.9 Å². The number of aryl methyl sites for hydroxylation is 1. The van der Waals surface area contributed by atoms with Crippen molar-refractivity contribution in [3.8, 4) is 0 Å². The molecular weight excluding hydrogens is 396 g/mol. The van der Waals surface area contributed by atoms with Gasteiger partial charge in [0.15, 0.2) is 0 Å². The van der Waals surface area contributed by atoms with Crippen molar-refractivity contribution in [2.24, 2.45) is 5.11 Å². The summed E-state index contributed by atoms with van der Waals surface area (Å²) in [7, 11) is -4.01. The van der Waals surface area contributed by atoms with Gasteiger partial charge in [0.25, 0.3) is 10.0 Å². The molecule has 0 aliphatic carbocycles. The summed E-state index contributed by atoms with van der Waals surface area (Å²) in [6, 6.07) is 12.1.